The molecule has 2 N–H and O–H groups in total. The molecule has 1 rings (SSSR count). The van der Waals surface area contributed by atoms with Crippen molar-refractivity contribution in [2.75, 3.05) is 13.2 Å². The Morgan fingerprint density at radius 1 is 1.15 bits per heavy atom. The first kappa shape index (κ1) is 17.3. The molecule has 0 fully saturated rings. The Labute approximate surface area is 128 Å². The minimum Gasteiger partial charge on any atom is -0.491 e. The molecule has 0 bridgehead atoms. The van der Waals surface area contributed by atoms with Crippen LogP contribution in [0.15, 0.2) is 18.2 Å². The Balaban J connectivity index is 2.58. The quantitative estimate of drug-likeness (QED) is 0.831. The summed E-state index contributed by atoms with van der Waals surface area (Å²) in [5, 5.41) is 0.625. The fourth-order valence-electron chi connectivity index (χ4n) is 2.29. The van der Waals surface area contributed by atoms with Gasteiger partial charge in [0.2, 0.25) is 0 Å². The van der Waals surface area contributed by atoms with Crippen molar-refractivity contribution in [3.63, 3.8) is 0 Å². The lowest BCUT2D eigenvalue weighted by Crippen LogP contribution is -2.39. The second kappa shape index (κ2) is 7.87. The lowest BCUT2D eigenvalue weighted by molar-refractivity contribution is 0.142. The topological polar surface area (TPSA) is 38.5 Å². The lowest BCUT2D eigenvalue weighted by Gasteiger charge is -2.30. The highest BCUT2D eigenvalue weighted by molar-refractivity contribution is 6.32. The standard InChI is InChI=1S/C16H27ClN2O/c1-11(2)19(12(3)4)8-9-20-16-7-6-14(13(5)18)10-15(16)17/h6-7,10-13H,8-9,18H2,1-5H3. The van der Waals surface area contributed by atoms with Crippen molar-refractivity contribution < 1.29 is 4.74 Å². The molecule has 0 saturated carbocycles. The maximum absolute atomic E-state index is 6.22. The third kappa shape index (κ3) is 4.97. The molecule has 114 valence electrons. The molecule has 1 atom stereocenters. The summed E-state index contributed by atoms with van der Waals surface area (Å²) in [5.41, 5.74) is 6.85. The summed E-state index contributed by atoms with van der Waals surface area (Å²) < 4.78 is 5.79. The van der Waals surface area contributed by atoms with E-state index in [9.17, 15) is 0 Å². The van der Waals surface area contributed by atoms with Crippen LogP contribution in [0.3, 0.4) is 0 Å². The van der Waals surface area contributed by atoms with Crippen LogP contribution in [0.5, 0.6) is 5.75 Å². The molecule has 0 aromatic heterocycles. The number of halogens is 1. The van der Waals surface area contributed by atoms with Crippen molar-refractivity contribution in [3.8, 4) is 5.75 Å². The number of hydrogen-bond donors (Lipinski definition) is 1. The van der Waals surface area contributed by atoms with Gasteiger partial charge in [0.05, 0.1) is 5.02 Å². The van der Waals surface area contributed by atoms with Gasteiger partial charge in [-0.15, -0.1) is 0 Å². The summed E-state index contributed by atoms with van der Waals surface area (Å²) in [5.74, 6) is 0.725. The van der Waals surface area contributed by atoms with Gasteiger partial charge in [-0.05, 0) is 52.3 Å². The average molecular weight is 299 g/mol. The van der Waals surface area contributed by atoms with Crippen LogP contribution in [-0.2, 0) is 0 Å². The van der Waals surface area contributed by atoms with E-state index in [2.05, 4.69) is 32.6 Å². The highest BCUT2D eigenvalue weighted by Crippen LogP contribution is 2.27. The summed E-state index contributed by atoms with van der Waals surface area (Å²) >= 11 is 6.22. The van der Waals surface area contributed by atoms with Crippen molar-refractivity contribution >= 4 is 11.6 Å². The van der Waals surface area contributed by atoms with Gasteiger partial charge in [0.25, 0.3) is 0 Å². The van der Waals surface area contributed by atoms with Gasteiger partial charge in [-0.25, -0.2) is 0 Å². The second-order valence-corrected chi connectivity index (χ2v) is 6.16. The van der Waals surface area contributed by atoms with Gasteiger partial charge < -0.3 is 10.5 Å². The van der Waals surface area contributed by atoms with Crippen LogP contribution in [0.1, 0.15) is 46.2 Å². The molecule has 1 aromatic carbocycles. The molecule has 0 aliphatic rings. The predicted molar refractivity (Wildman–Crippen MR) is 86.5 cm³/mol. The van der Waals surface area contributed by atoms with E-state index in [1.165, 1.54) is 0 Å². The minimum absolute atomic E-state index is 0.0149. The zero-order valence-corrected chi connectivity index (χ0v) is 13.9. The number of nitrogens with two attached hydrogens (primary N) is 1. The molecule has 0 heterocycles. The van der Waals surface area contributed by atoms with Crippen LogP contribution in [0.4, 0.5) is 0 Å². The molecule has 0 saturated heterocycles. The van der Waals surface area contributed by atoms with Crippen molar-refractivity contribution in [2.24, 2.45) is 5.73 Å². The Morgan fingerprint density at radius 2 is 1.75 bits per heavy atom. The third-order valence-corrected chi connectivity index (χ3v) is 3.71. The number of benzene rings is 1. The Bertz CT molecular complexity index is 411. The first-order valence-electron chi connectivity index (χ1n) is 7.26. The van der Waals surface area contributed by atoms with Crippen LogP contribution in [0.25, 0.3) is 0 Å². The van der Waals surface area contributed by atoms with Crippen LogP contribution in [-0.4, -0.2) is 30.1 Å². The van der Waals surface area contributed by atoms with Gasteiger partial charge in [0.15, 0.2) is 0 Å². The van der Waals surface area contributed by atoms with Crippen molar-refractivity contribution in [1.82, 2.24) is 4.90 Å². The van der Waals surface area contributed by atoms with Gasteiger partial charge in [-0.3, -0.25) is 4.90 Å². The molecule has 0 aliphatic carbocycles. The molecular weight excluding hydrogens is 272 g/mol. The number of nitrogens with zero attached hydrogens (tertiary/aromatic N) is 1. The van der Waals surface area contributed by atoms with Crippen LogP contribution in [0.2, 0.25) is 5.02 Å². The van der Waals surface area contributed by atoms with E-state index < -0.39 is 0 Å². The van der Waals surface area contributed by atoms with Crippen molar-refractivity contribution in [1.29, 1.82) is 0 Å². The van der Waals surface area contributed by atoms with Crippen molar-refractivity contribution in [3.05, 3.63) is 28.8 Å². The van der Waals surface area contributed by atoms with E-state index in [1.807, 2.05) is 25.1 Å². The Morgan fingerprint density at radius 3 is 2.20 bits per heavy atom. The van der Waals surface area contributed by atoms with E-state index in [0.717, 1.165) is 17.9 Å². The summed E-state index contributed by atoms with van der Waals surface area (Å²) in [6.45, 7) is 12.3. The molecule has 0 aliphatic heterocycles. The summed E-state index contributed by atoms with van der Waals surface area (Å²) in [6, 6.07) is 6.75. The molecule has 0 radical (unpaired) electrons. The van der Waals surface area contributed by atoms with E-state index in [0.29, 0.717) is 23.7 Å². The third-order valence-electron chi connectivity index (χ3n) is 3.42. The zero-order chi connectivity index (χ0) is 15.3. The average Bonchev–Trinajstić information content (AvgIpc) is 2.34. The highest BCUT2D eigenvalue weighted by Gasteiger charge is 2.13. The van der Waals surface area contributed by atoms with Gasteiger partial charge in [0, 0.05) is 24.7 Å². The molecule has 0 spiro atoms. The van der Waals surface area contributed by atoms with E-state index >= 15 is 0 Å². The molecule has 1 aromatic rings. The molecule has 20 heavy (non-hydrogen) atoms. The van der Waals surface area contributed by atoms with Gasteiger partial charge in [0.1, 0.15) is 12.4 Å². The molecule has 4 heteroatoms. The fourth-order valence-corrected chi connectivity index (χ4v) is 2.53. The number of rotatable bonds is 7. The number of hydrogen-bond acceptors (Lipinski definition) is 3. The molecule has 1 unspecified atom stereocenters. The van der Waals surface area contributed by atoms with Crippen LogP contribution < -0.4 is 10.5 Å². The van der Waals surface area contributed by atoms with E-state index in [-0.39, 0.29) is 6.04 Å². The zero-order valence-electron chi connectivity index (χ0n) is 13.2. The monoisotopic (exact) mass is 298 g/mol. The predicted octanol–water partition coefficient (Wildman–Crippen LogP) is 3.86. The maximum Gasteiger partial charge on any atom is 0.137 e. The van der Waals surface area contributed by atoms with Gasteiger partial charge >= 0.3 is 0 Å². The first-order chi connectivity index (χ1) is 9.32. The lowest BCUT2D eigenvalue weighted by atomic mass is 10.1. The van der Waals surface area contributed by atoms with E-state index in [1.54, 1.807) is 0 Å². The normalized spacial score (nSPS) is 13.3. The van der Waals surface area contributed by atoms with Gasteiger partial charge in [-0.1, -0.05) is 17.7 Å². The molecule has 3 nitrogen and oxygen atoms in total. The summed E-state index contributed by atoms with van der Waals surface area (Å²) in [4.78, 5) is 2.39. The maximum atomic E-state index is 6.22. The summed E-state index contributed by atoms with van der Waals surface area (Å²) in [6.07, 6.45) is 0. The summed E-state index contributed by atoms with van der Waals surface area (Å²) in [7, 11) is 0. The Kier molecular flexibility index (Phi) is 6.80. The SMILES string of the molecule is CC(N)c1ccc(OCCN(C(C)C)C(C)C)c(Cl)c1. The smallest absolute Gasteiger partial charge is 0.137 e. The first-order valence-corrected chi connectivity index (χ1v) is 7.64. The van der Waals surface area contributed by atoms with E-state index in [4.69, 9.17) is 22.1 Å². The molecular formula is C16H27ClN2O. The minimum atomic E-state index is -0.0149. The Hall–Kier alpha value is -0.770. The number of ether oxygens (including phenoxy) is 1. The van der Waals surface area contributed by atoms with Crippen LogP contribution in [0, 0.1) is 0 Å². The fraction of sp³-hybridized carbons (Fsp3) is 0.625. The van der Waals surface area contributed by atoms with Crippen LogP contribution >= 0.6 is 11.6 Å². The molecule has 0 amide bonds. The van der Waals surface area contributed by atoms with Crippen molar-refractivity contribution in [2.45, 2.75) is 52.7 Å². The van der Waals surface area contributed by atoms with Gasteiger partial charge in [-0.2, -0.15) is 0 Å². The second-order valence-electron chi connectivity index (χ2n) is 5.75. The largest absolute Gasteiger partial charge is 0.491 e. The highest BCUT2D eigenvalue weighted by atomic mass is 35.5.